The highest BCUT2D eigenvalue weighted by atomic mass is 35.5. The van der Waals surface area contributed by atoms with Crippen LogP contribution < -0.4 is 5.32 Å². The number of halogens is 1. The number of carbonyl (C=O) groups excluding carboxylic acids is 1. The number of nitrogens with zero attached hydrogens (tertiary/aromatic N) is 1. The molecule has 1 amide bonds. The van der Waals surface area contributed by atoms with E-state index in [1.807, 2.05) is 0 Å². The zero-order valence-electron chi connectivity index (χ0n) is 10.6. The van der Waals surface area contributed by atoms with Crippen molar-refractivity contribution < 1.29 is 18.3 Å². The van der Waals surface area contributed by atoms with E-state index in [0.29, 0.717) is 0 Å². The summed E-state index contributed by atoms with van der Waals surface area (Å²) in [6.07, 6.45) is 0. The molecule has 0 atom stereocenters. The number of hydrogen-bond acceptors (Lipinski definition) is 4. The molecule has 19 heavy (non-hydrogen) atoms. The van der Waals surface area contributed by atoms with Crippen LogP contribution in [0.5, 0.6) is 5.75 Å². The quantitative estimate of drug-likeness (QED) is 0.837. The number of phenols is 1. The van der Waals surface area contributed by atoms with Crippen LogP contribution in [0.2, 0.25) is 5.02 Å². The molecule has 0 aliphatic rings. The minimum atomic E-state index is -3.34. The fraction of sp³-hybridized carbons (Fsp3) is 0.364. The standard InChI is InChI=1S/C11H15ClN2O4S/c1-14(2)19(17,18)6-5-13-11(16)8-3-4-10(15)9(12)7-8/h3-4,7,15H,5-6H2,1-2H3,(H,13,16). The number of carbonyl (C=O) groups is 1. The third-order valence-electron chi connectivity index (χ3n) is 2.41. The van der Waals surface area contributed by atoms with Gasteiger partial charge in [-0.1, -0.05) is 11.6 Å². The highest BCUT2D eigenvalue weighted by Crippen LogP contribution is 2.23. The molecule has 8 heteroatoms. The largest absolute Gasteiger partial charge is 0.506 e. The lowest BCUT2D eigenvalue weighted by Gasteiger charge is -2.11. The van der Waals surface area contributed by atoms with Crippen molar-refractivity contribution in [2.75, 3.05) is 26.4 Å². The van der Waals surface area contributed by atoms with Gasteiger partial charge in [0.1, 0.15) is 5.75 Å². The Balaban J connectivity index is 2.59. The first-order valence-corrected chi connectivity index (χ1v) is 7.39. The van der Waals surface area contributed by atoms with E-state index < -0.39 is 15.9 Å². The first-order valence-electron chi connectivity index (χ1n) is 5.41. The number of benzene rings is 1. The molecule has 106 valence electrons. The molecule has 0 radical (unpaired) electrons. The summed E-state index contributed by atoms with van der Waals surface area (Å²) < 4.78 is 24.0. The van der Waals surface area contributed by atoms with Gasteiger partial charge >= 0.3 is 0 Å². The van der Waals surface area contributed by atoms with E-state index in [4.69, 9.17) is 11.6 Å². The summed E-state index contributed by atoms with van der Waals surface area (Å²) in [4.78, 5) is 11.7. The Bertz CT molecular complexity index is 572. The van der Waals surface area contributed by atoms with Crippen LogP contribution >= 0.6 is 11.6 Å². The van der Waals surface area contributed by atoms with E-state index in [0.717, 1.165) is 4.31 Å². The molecule has 0 saturated heterocycles. The number of nitrogens with one attached hydrogen (secondary N) is 1. The maximum absolute atomic E-state index is 11.7. The van der Waals surface area contributed by atoms with Crippen molar-refractivity contribution in [3.63, 3.8) is 0 Å². The monoisotopic (exact) mass is 306 g/mol. The van der Waals surface area contributed by atoms with Gasteiger partial charge in [0.15, 0.2) is 0 Å². The molecular formula is C11H15ClN2O4S. The number of amides is 1. The summed E-state index contributed by atoms with van der Waals surface area (Å²) in [5, 5.41) is 11.8. The number of phenolic OH excluding ortho intramolecular Hbond substituents is 1. The van der Waals surface area contributed by atoms with Crippen molar-refractivity contribution in [2.24, 2.45) is 0 Å². The van der Waals surface area contributed by atoms with E-state index in [-0.39, 0.29) is 28.6 Å². The Morgan fingerprint density at radius 3 is 2.58 bits per heavy atom. The molecule has 0 aliphatic carbocycles. The van der Waals surface area contributed by atoms with E-state index in [2.05, 4.69) is 5.32 Å². The molecule has 2 N–H and O–H groups in total. The summed E-state index contributed by atoms with van der Waals surface area (Å²) in [7, 11) is -0.483. The van der Waals surface area contributed by atoms with Crippen LogP contribution in [0.3, 0.4) is 0 Å². The molecule has 1 rings (SSSR count). The van der Waals surface area contributed by atoms with Crippen molar-refractivity contribution in [1.82, 2.24) is 9.62 Å². The molecular weight excluding hydrogens is 292 g/mol. The zero-order chi connectivity index (χ0) is 14.6. The predicted octanol–water partition coefficient (Wildman–Crippen LogP) is 0.667. The molecule has 1 aromatic rings. The minimum Gasteiger partial charge on any atom is -0.506 e. The number of hydrogen-bond donors (Lipinski definition) is 2. The molecule has 6 nitrogen and oxygen atoms in total. The molecule has 0 spiro atoms. The lowest BCUT2D eigenvalue weighted by atomic mass is 10.2. The lowest BCUT2D eigenvalue weighted by molar-refractivity contribution is 0.0956. The van der Waals surface area contributed by atoms with Crippen molar-refractivity contribution in [3.05, 3.63) is 28.8 Å². The fourth-order valence-corrected chi connectivity index (χ4v) is 2.13. The first-order chi connectivity index (χ1) is 8.74. The van der Waals surface area contributed by atoms with Crippen molar-refractivity contribution >= 4 is 27.5 Å². The molecule has 0 aliphatic heterocycles. The number of rotatable bonds is 5. The van der Waals surface area contributed by atoms with Gasteiger partial charge in [-0.15, -0.1) is 0 Å². The van der Waals surface area contributed by atoms with Gasteiger partial charge in [0.05, 0.1) is 10.8 Å². The Kier molecular flexibility index (Phi) is 5.16. The average Bonchev–Trinajstić information content (AvgIpc) is 2.32. The third kappa shape index (κ3) is 4.38. The fourth-order valence-electron chi connectivity index (χ4n) is 1.23. The van der Waals surface area contributed by atoms with Gasteiger partial charge in [0, 0.05) is 26.2 Å². The Labute approximate surface area is 117 Å². The van der Waals surface area contributed by atoms with Crippen LogP contribution in [0, 0.1) is 0 Å². The van der Waals surface area contributed by atoms with Gasteiger partial charge in [-0.05, 0) is 18.2 Å². The highest BCUT2D eigenvalue weighted by molar-refractivity contribution is 7.89. The van der Waals surface area contributed by atoms with E-state index in [1.165, 1.54) is 32.3 Å². The van der Waals surface area contributed by atoms with Crippen LogP contribution in [-0.4, -0.2) is 50.1 Å². The number of sulfonamides is 1. The Morgan fingerprint density at radius 1 is 1.42 bits per heavy atom. The van der Waals surface area contributed by atoms with Gasteiger partial charge < -0.3 is 10.4 Å². The van der Waals surface area contributed by atoms with Crippen molar-refractivity contribution in [2.45, 2.75) is 0 Å². The smallest absolute Gasteiger partial charge is 0.251 e. The van der Waals surface area contributed by atoms with Crippen LogP contribution in [0.4, 0.5) is 0 Å². The van der Waals surface area contributed by atoms with Crippen LogP contribution in [0.1, 0.15) is 10.4 Å². The summed E-state index contributed by atoms with van der Waals surface area (Å²) in [6, 6.07) is 4.01. The molecule has 0 aromatic heterocycles. The zero-order valence-corrected chi connectivity index (χ0v) is 12.1. The molecule has 0 heterocycles. The van der Waals surface area contributed by atoms with Crippen LogP contribution in [0.15, 0.2) is 18.2 Å². The predicted molar refractivity (Wildman–Crippen MR) is 72.9 cm³/mol. The number of aromatic hydroxyl groups is 1. The summed E-state index contributed by atoms with van der Waals surface area (Å²) >= 11 is 5.67. The molecule has 1 aromatic carbocycles. The molecule has 0 fully saturated rings. The van der Waals surface area contributed by atoms with Crippen molar-refractivity contribution in [3.8, 4) is 5.75 Å². The highest BCUT2D eigenvalue weighted by Gasteiger charge is 2.14. The average molecular weight is 307 g/mol. The lowest BCUT2D eigenvalue weighted by Crippen LogP contribution is -2.33. The van der Waals surface area contributed by atoms with Crippen LogP contribution in [-0.2, 0) is 10.0 Å². The first kappa shape index (κ1) is 15.7. The second-order valence-electron chi connectivity index (χ2n) is 4.02. The molecule has 0 saturated carbocycles. The second kappa shape index (κ2) is 6.23. The van der Waals surface area contributed by atoms with Gasteiger partial charge in [-0.25, -0.2) is 12.7 Å². The topological polar surface area (TPSA) is 86.7 Å². The summed E-state index contributed by atoms with van der Waals surface area (Å²) in [5.74, 6) is -0.748. The summed E-state index contributed by atoms with van der Waals surface area (Å²) in [5.41, 5.74) is 0.255. The van der Waals surface area contributed by atoms with Crippen LogP contribution in [0.25, 0.3) is 0 Å². The van der Waals surface area contributed by atoms with E-state index in [1.54, 1.807) is 0 Å². The third-order valence-corrected chi connectivity index (χ3v) is 4.55. The van der Waals surface area contributed by atoms with E-state index >= 15 is 0 Å². The van der Waals surface area contributed by atoms with Crippen molar-refractivity contribution in [1.29, 1.82) is 0 Å². The normalized spacial score (nSPS) is 11.6. The molecule has 0 bridgehead atoms. The van der Waals surface area contributed by atoms with Gasteiger partial charge in [0.25, 0.3) is 5.91 Å². The van der Waals surface area contributed by atoms with Gasteiger partial charge in [-0.2, -0.15) is 0 Å². The Hall–Kier alpha value is -1.31. The molecule has 0 unspecified atom stereocenters. The summed E-state index contributed by atoms with van der Waals surface area (Å²) in [6.45, 7) is -0.00214. The maximum atomic E-state index is 11.7. The Morgan fingerprint density at radius 2 is 2.05 bits per heavy atom. The second-order valence-corrected chi connectivity index (χ2v) is 6.73. The SMILES string of the molecule is CN(C)S(=O)(=O)CCNC(=O)c1ccc(O)c(Cl)c1. The minimum absolute atomic E-state index is 0.00214. The van der Waals surface area contributed by atoms with Gasteiger partial charge in [-0.3, -0.25) is 4.79 Å². The maximum Gasteiger partial charge on any atom is 0.251 e. The van der Waals surface area contributed by atoms with Gasteiger partial charge in [0.2, 0.25) is 10.0 Å². The van der Waals surface area contributed by atoms with E-state index in [9.17, 15) is 18.3 Å².